The van der Waals surface area contributed by atoms with E-state index in [-0.39, 0.29) is 0 Å². The number of hydrogen-bond donors (Lipinski definition) is 0. The first kappa shape index (κ1) is 21.3. The third-order valence-corrected chi connectivity index (χ3v) is 6.91. The summed E-state index contributed by atoms with van der Waals surface area (Å²) in [4.78, 5) is 8.48. The van der Waals surface area contributed by atoms with Crippen LogP contribution in [0.1, 0.15) is 0 Å². The van der Waals surface area contributed by atoms with Crippen LogP contribution in [-0.4, -0.2) is 9.97 Å². The Kier molecular flexibility index (Phi) is 5.11. The van der Waals surface area contributed by atoms with Crippen molar-refractivity contribution in [3.8, 4) is 44.5 Å². The molecule has 0 spiro atoms. The maximum absolute atomic E-state index is 6.63. The Morgan fingerprint density at radius 3 is 1.22 bits per heavy atom. The molecule has 0 unspecified atom stereocenters. The molecule has 7 aromatic rings. The van der Waals surface area contributed by atoms with E-state index >= 15 is 0 Å². The highest BCUT2D eigenvalue weighted by molar-refractivity contribution is 6.13. The van der Waals surface area contributed by atoms with Crippen molar-refractivity contribution in [2.75, 3.05) is 0 Å². The van der Waals surface area contributed by atoms with Crippen LogP contribution in [-0.2, 0) is 0 Å². The van der Waals surface area contributed by atoms with Crippen LogP contribution >= 0.6 is 0 Å². The fourth-order valence-electron chi connectivity index (χ4n) is 5.03. The van der Waals surface area contributed by atoms with Crippen LogP contribution in [0.4, 0.5) is 0 Å². The number of aromatic nitrogens is 2. The molecule has 3 nitrogen and oxygen atoms in total. The summed E-state index contributed by atoms with van der Waals surface area (Å²) in [5.41, 5.74) is 10.7. The van der Waals surface area contributed by atoms with Crippen LogP contribution in [0.2, 0.25) is 0 Å². The molecule has 0 aliphatic heterocycles. The third-order valence-electron chi connectivity index (χ3n) is 6.91. The summed E-state index contributed by atoms with van der Waals surface area (Å²) in [6.45, 7) is 0. The molecule has 0 saturated carbocycles. The zero-order valence-corrected chi connectivity index (χ0v) is 20.0. The third kappa shape index (κ3) is 3.78. The smallest absolute Gasteiger partial charge is 0.143 e. The maximum atomic E-state index is 6.63. The van der Waals surface area contributed by atoms with Gasteiger partial charge in [-0.25, -0.2) is 0 Å². The highest BCUT2D eigenvalue weighted by atomic mass is 16.3. The normalized spacial score (nSPS) is 11.2. The van der Waals surface area contributed by atoms with Crippen molar-refractivity contribution in [2.24, 2.45) is 0 Å². The first-order valence-corrected chi connectivity index (χ1v) is 12.3. The van der Waals surface area contributed by atoms with E-state index in [1.54, 1.807) is 12.4 Å². The summed E-state index contributed by atoms with van der Waals surface area (Å²) < 4.78 is 6.63. The van der Waals surface area contributed by atoms with E-state index in [4.69, 9.17) is 4.42 Å². The fourth-order valence-corrected chi connectivity index (χ4v) is 5.03. The maximum Gasteiger partial charge on any atom is 0.143 e. The van der Waals surface area contributed by atoms with E-state index in [9.17, 15) is 0 Å². The van der Waals surface area contributed by atoms with Crippen LogP contribution in [0.15, 0.2) is 138 Å². The molecule has 0 aliphatic rings. The summed E-state index contributed by atoms with van der Waals surface area (Å²) in [5, 5.41) is 2.25. The zero-order chi connectivity index (χ0) is 24.6. The Morgan fingerprint density at radius 2 is 0.811 bits per heavy atom. The molecule has 0 fully saturated rings. The van der Waals surface area contributed by atoms with Crippen molar-refractivity contribution < 1.29 is 4.42 Å². The first-order valence-electron chi connectivity index (χ1n) is 12.3. The Morgan fingerprint density at radius 1 is 0.378 bits per heavy atom. The van der Waals surface area contributed by atoms with Crippen molar-refractivity contribution in [1.82, 2.24) is 9.97 Å². The topological polar surface area (TPSA) is 38.9 Å². The molecule has 0 bridgehead atoms. The van der Waals surface area contributed by atoms with E-state index in [0.717, 1.165) is 66.4 Å². The molecule has 0 aliphatic carbocycles. The van der Waals surface area contributed by atoms with Gasteiger partial charge in [-0.1, -0.05) is 97.1 Å². The Labute approximate surface area is 214 Å². The van der Waals surface area contributed by atoms with Gasteiger partial charge in [0.2, 0.25) is 0 Å². The highest BCUT2D eigenvalue weighted by Crippen LogP contribution is 2.40. The number of hydrogen-bond acceptors (Lipinski definition) is 3. The fraction of sp³-hybridized carbons (Fsp3) is 0. The molecular weight excluding hydrogens is 452 g/mol. The predicted molar refractivity (Wildman–Crippen MR) is 151 cm³/mol. The highest BCUT2D eigenvalue weighted by Gasteiger charge is 2.15. The van der Waals surface area contributed by atoms with Crippen LogP contribution in [0.3, 0.4) is 0 Å². The van der Waals surface area contributed by atoms with Gasteiger partial charge in [-0.05, 0) is 45.5 Å². The summed E-state index contributed by atoms with van der Waals surface area (Å²) in [6, 6.07) is 38.0. The molecule has 0 atom stereocenters. The van der Waals surface area contributed by atoms with Gasteiger partial charge in [0.25, 0.3) is 0 Å². The second-order valence-corrected chi connectivity index (χ2v) is 9.10. The lowest BCUT2D eigenvalue weighted by Gasteiger charge is -2.06. The quantitative estimate of drug-likeness (QED) is 0.255. The van der Waals surface area contributed by atoms with Gasteiger partial charge in [-0.3, -0.25) is 9.97 Å². The van der Waals surface area contributed by atoms with E-state index in [1.807, 2.05) is 24.5 Å². The monoisotopic (exact) mass is 474 g/mol. The van der Waals surface area contributed by atoms with Crippen LogP contribution in [0.25, 0.3) is 66.4 Å². The molecule has 3 heteroatoms. The number of rotatable bonds is 4. The molecule has 4 aromatic carbocycles. The Balaban J connectivity index is 1.32. The molecule has 37 heavy (non-hydrogen) atoms. The van der Waals surface area contributed by atoms with Gasteiger partial charge < -0.3 is 4.42 Å². The van der Waals surface area contributed by atoms with Crippen molar-refractivity contribution in [2.45, 2.75) is 0 Å². The Bertz CT molecular complexity index is 1700. The van der Waals surface area contributed by atoms with E-state index in [1.165, 1.54) is 0 Å². The number of benzene rings is 4. The van der Waals surface area contributed by atoms with Gasteiger partial charge >= 0.3 is 0 Å². The zero-order valence-electron chi connectivity index (χ0n) is 20.0. The van der Waals surface area contributed by atoms with E-state index < -0.39 is 0 Å². The van der Waals surface area contributed by atoms with Crippen molar-refractivity contribution in [3.63, 3.8) is 0 Å². The number of fused-ring (bicyclic) bond motifs is 3. The largest absolute Gasteiger partial charge is 0.455 e. The lowest BCUT2D eigenvalue weighted by molar-refractivity contribution is 0.671. The van der Waals surface area contributed by atoms with Crippen LogP contribution < -0.4 is 0 Å². The first-order chi connectivity index (χ1) is 18.3. The van der Waals surface area contributed by atoms with E-state index in [2.05, 4.69) is 107 Å². The van der Waals surface area contributed by atoms with Gasteiger partial charge in [0.15, 0.2) is 0 Å². The SMILES string of the molecule is c1cncc(-c2ccc(-c3cccc4c3oc3c(-c5ccc(-c6cccnc6)cc5)cccc34)cc2)c1. The molecule has 7 rings (SSSR count). The number of nitrogens with zero attached hydrogens (tertiary/aromatic N) is 2. The summed E-state index contributed by atoms with van der Waals surface area (Å²) in [7, 11) is 0. The standard InChI is InChI=1S/C34H22N2O/c1-7-29(25-15-11-23(12-16-25)27-5-3-19-35-21-27)33-31(9-1)32-10-2-8-30(34(32)37-33)26-17-13-24(14-18-26)28-6-4-20-36-22-28/h1-22H. The van der Waals surface area contributed by atoms with E-state index in [0.29, 0.717) is 0 Å². The molecule has 0 radical (unpaired) electrons. The van der Waals surface area contributed by atoms with Gasteiger partial charge in [-0.2, -0.15) is 0 Å². The molecule has 3 heterocycles. The molecule has 0 saturated heterocycles. The molecule has 0 N–H and O–H groups in total. The molecule has 0 amide bonds. The number of pyridine rings is 2. The summed E-state index contributed by atoms with van der Waals surface area (Å²) >= 11 is 0. The van der Waals surface area contributed by atoms with Gasteiger partial charge in [0.05, 0.1) is 0 Å². The number of para-hydroxylation sites is 2. The van der Waals surface area contributed by atoms with Crippen LogP contribution in [0, 0.1) is 0 Å². The van der Waals surface area contributed by atoms with Crippen molar-refractivity contribution in [3.05, 3.63) is 134 Å². The summed E-state index contributed by atoms with van der Waals surface area (Å²) in [5.74, 6) is 0. The average Bonchev–Trinajstić information content (AvgIpc) is 3.38. The van der Waals surface area contributed by atoms with Crippen LogP contribution in [0.5, 0.6) is 0 Å². The molecule has 174 valence electrons. The van der Waals surface area contributed by atoms with Gasteiger partial charge in [0, 0.05) is 46.7 Å². The van der Waals surface area contributed by atoms with Gasteiger partial charge in [0.1, 0.15) is 11.2 Å². The summed E-state index contributed by atoms with van der Waals surface area (Å²) in [6.07, 6.45) is 7.37. The molecular formula is C34H22N2O. The average molecular weight is 475 g/mol. The lowest BCUT2D eigenvalue weighted by Crippen LogP contribution is -1.82. The van der Waals surface area contributed by atoms with Crippen molar-refractivity contribution in [1.29, 1.82) is 0 Å². The molecule has 3 aromatic heterocycles. The van der Waals surface area contributed by atoms with Gasteiger partial charge in [-0.15, -0.1) is 0 Å². The number of furan rings is 1. The van der Waals surface area contributed by atoms with Crippen molar-refractivity contribution >= 4 is 21.9 Å². The lowest BCUT2D eigenvalue weighted by atomic mass is 9.98. The Hall–Kier alpha value is -5.02. The predicted octanol–water partition coefficient (Wildman–Crippen LogP) is 9.04. The minimum atomic E-state index is 0.908. The minimum absolute atomic E-state index is 0.908. The second kappa shape index (κ2) is 8.89. The second-order valence-electron chi connectivity index (χ2n) is 9.10. The minimum Gasteiger partial charge on any atom is -0.455 e.